The van der Waals surface area contributed by atoms with Crippen LogP contribution in [0.25, 0.3) is 0 Å². The smallest absolute Gasteiger partial charge is 0.230 e. The number of aromatic nitrogens is 1. The highest BCUT2D eigenvalue weighted by Crippen LogP contribution is 2.29. The Morgan fingerprint density at radius 3 is 2.41 bits per heavy atom. The third-order valence-corrected chi connectivity index (χ3v) is 4.33. The van der Waals surface area contributed by atoms with Gasteiger partial charge < -0.3 is 14.8 Å². The minimum Gasteiger partial charge on any atom is -0.438 e. The van der Waals surface area contributed by atoms with Crippen molar-refractivity contribution in [3.05, 3.63) is 83.0 Å². The molecular formula is C22H23N3O2. The number of anilines is 1. The lowest BCUT2D eigenvalue weighted by molar-refractivity contribution is 0.318. The molecule has 1 heterocycles. The van der Waals surface area contributed by atoms with Crippen LogP contribution in [-0.4, -0.2) is 23.1 Å². The standard InChI is InChI=1S/C22H23N3O2/c1-15-10-13-20(16(2)14-15)27-22-19(12-11-17(3)23-22)21(24-26)25(4)18-8-6-5-7-9-18/h5-14,26H,1-4H3/b24-21-. The van der Waals surface area contributed by atoms with Crippen LogP contribution in [0.2, 0.25) is 0 Å². The highest BCUT2D eigenvalue weighted by molar-refractivity contribution is 6.10. The summed E-state index contributed by atoms with van der Waals surface area (Å²) in [5.41, 5.74) is 4.50. The van der Waals surface area contributed by atoms with Gasteiger partial charge in [-0.15, -0.1) is 0 Å². The van der Waals surface area contributed by atoms with E-state index in [1.54, 1.807) is 4.90 Å². The Kier molecular flexibility index (Phi) is 5.41. The molecule has 0 amide bonds. The van der Waals surface area contributed by atoms with Gasteiger partial charge in [-0.3, -0.25) is 0 Å². The van der Waals surface area contributed by atoms with E-state index in [0.29, 0.717) is 17.3 Å². The van der Waals surface area contributed by atoms with Crippen molar-refractivity contribution >= 4 is 11.5 Å². The maximum atomic E-state index is 9.72. The second-order valence-electron chi connectivity index (χ2n) is 6.49. The molecular weight excluding hydrogens is 338 g/mol. The maximum absolute atomic E-state index is 9.72. The van der Waals surface area contributed by atoms with Gasteiger partial charge in [-0.2, -0.15) is 0 Å². The lowest BCUT2D eigenvalue weighted by Crippen LogP contribution is -2.28. The second kappa shape index (κ2) is 7.91. The molecule has 0 bridgehead atoms. The van der Waals surface area contributed by atoms with E-state index in [1.807, 2.05) is 82.4 Å². The number of rotatable bonds is 4. The van der Waals surface area contributed by atoms with Gasteiger partial charge in [0.05, 0.1) is 5.56 Å². The number of benzene rings is 2. The van der Waals surface area contributed by atoms with Crippen molar-refractivity contribution in [3.8, 4) is 11.6 Å². The van der Waals surface area contributed by atoms with Gasteiger partial charge in [0.2, 0.25) is 5.88 Å². The Labute approximate surface area is 159 Å². The fourth-order valence-corrected chi connectivity index (χ4v) is 2.87. The van der Waals surface area contributed by atoms with Gasteiger partial charge in [-0.1, -0.05) is 41.1 Å². The molecule has 0 aliphatic carbocycles. The molecule has 0 aliphatic heterocycles. The first-order chi connectivity index (χ1) is 13.0. The van der Waals surface area contributed by atoms with Crippen molar-refractivity contribution in [2.45, 2.75) is 20.8 Å². The molecule has 0 saturated heterocycles. The summed E-state index contributed by atoms with van der Waals surface area (Å²) in [6.07, 6.45) is 0. The van der Waals surface area contributed by atoms with E-state index < -0.39 is 0 Å². The van der Waals surface area contributed by atoms with Crippen LogP contribution in [-0.2, 0) is 0 Å². The summed E-state index contributed by atoms with van der Waals surface area (Å²) in [6, 6.07) is 19.4. The summed E-state index contributed by atoms with van der Waals surface area (Å²) >= 11 is 0. The molecule has 0 radical (unpaired) electrons. The molecule has 1 N–H and O–H groups in total. The zero-order valence-electron chi connectivity index (χ0n) is 16.0. The molecule has 0 aliphatic rings. The van der Waals surface area contributed by atoms with Crippen LogP contribution in [0.3, 0.4) is 0 Å². The Bertz CT molecular complexity index is 969. The number of ether oxygens (including phenoxy) is 1. The van der Waals surface area contributed by atoms with Crippen LogP contribution >= 0.6 is 0 Å². The van der Waals surface area contributed by atoms with E-state index in [1.165, 1.54) is 5.56 Å². The van der Waals surface area contributed by atoms with Crippen LogP contribution in [0.15, 0.2) is 65.8 Å². The van der Waals surface area contributed by atoms with E-state index >= 15 is 0 Å². The highest BCUT2D eigenvalue weighted by Gasteiger charge is 2.19. The molecule has 0 atom stereocenters. The Morgan fingerprint density at radius 1 is 1.00 bits per heavy atom. The fraction of sp³-hybridized carbons (Fsp3) is 0.182. The minimum atomic E-state index is 0.355. The van der Waals surface area contributed by atoms with Crippen LogP contribution < -0.4 is 9.64 Å². The van der Waals surface area contributed by atoms with Crippen molar-refractivity contribution in [1.29, 1.82) is 0 Å². The SMILES string of the molecule is Cc1ccc(Oc2nc(C)ccc2/C(=N/O)N(C)c2ccccc2)c(C)c1. The predicted molar refractivity (Wildman–Crippen MR) is 108 cm³/mol. The molecule has 0 fully saturated rings. The van der Waals surface area contributed by atoms with E-state index in [-0.39, 0.29) is 0 Å². The molecule has 138 valence electrons. The van der Waals surface area contributed by atoms with Gasteiger partial charge >= 0.3 is 0 Å². The van der Waals surface area contributed by atoms with Gasteiger partial charge in [0.15, 0.2) is 5.84 Å². The van der Waals surface area contributed by atoms with Gasteiger partial charge in [-0.25, -0.2) is 4.98 Å². The van der Waals surface area contributed by atoms with Gasteiger partial charge in [-0.05, 0) is 56.7 Å². The largest absolute Gasteiger partial charge is 0.438 e. The Balaban J connectivity index is 2.02. The fourth-order valence-electron chi connectivity index (χ4n) is 2.87. The first-order valence-electron chi connectivity index (χ1n) is 8.73. The first kappa shape index (κ1) is 18.5. The molecule has 2 aromatic carbocycles. The molecule has 0 unspecified atom stereocenters. The average Bonchev–Trinajstić information content (AvgIpc) is 2.66. The molecule has 3 rings (SSSR count). The first-order valence-corrected chi connectivity index (χ1v) is 8.73. The molecule has 0 saturated carbocycles. The molecule has 5 nitrogen and oxygen atoms in total. The monoisotopic (exact) mass is 361 g/mol. The average molecular weight is 361 g/mol. The second-order valence-corrected chi connectivity index (χ2v) is 6.49. The number of pyridine rings is 1. The number of para-hydroxylation sites is 1. The van der Waals surface area contributed by atoms with Gasteiger partial charge in [0.1, 0.15) is 5.75 Å². The number of aryl methyl sites for hydroxylation is 3. The minimum absolute atomic E-state index is 0.355. The van der Waals surface area contributed by atoms with Crippen molar-refractivity contribution < 1.29 is 9.94 Å². The highest BCUT2D eigenvalue weighted by atomic mass is 16.5. The van der Waals surface area contributed by atoms with Crippen LogP contribution in [0.4, 0.5) is 5.69 Å². The van der Waals surface area contributed by atoms with Crippen LogP contribution in [0.1, 0.15) is 22.4 Å². The summed E-state index contributed by atoms with van der Waals surface area (Å²) in [5, 5.41) is 13.3. The van der Waals surface area contributed by atoms with E-state index in [4.69, 9.17) is 4.74 Å². The van der Waals surface area contributed by atoms with E-state index in [9.17, 15) is 5.21 Å². The zero-order valence-corrected chi connectivity index (χ0v) is 16.0. The topological polar surface area (TPSA) is 58.0 Å². The number of oxime groups is 1. The quantitative estimate of drug-likeness (QED) is 0.305. The van der Waals surface area contributed by atoms with Crippen molar-refractivity contribution in [1.82, 2.24) is 4.98 Å². The Morgan fingerprint density at radius 2 is 1.74 bits per heavy atom. The third-order valence-electron chi connectivity index (χ3n) is 4.33. The Hall–Kier alpha value is -3.34. The van der Waals surface area contributed by atoms with Crippen molar-refractivity contribution in [2.24, 2.45) is 5.16 Å². The maximum Gasteiger partial charge on any atom is 0.230 e. The van der Waals surface area contributed by atoms with Crippen LogP contribution in [0, 0.1) is 20.8 Å². The van der Waals surface area contributed by atoms with Gasteiger partial charge in [0.25, 0.3) is 0 Å². The number of hydrogen-bond acceptors (Lipinski definition) is 4. The third kappa shape index (κ3) is 4.08. The van der Waals surface area contributed by atoms with E-state index in [2.05, 4.69) is 16.2 Å². The van der Waals surface area contributed by atoms with E-state index in [0.717, 1.165) is 22.7 Å². The predicted octanol–water partition coefficient (Wildman–Crippen LogP) is 5.07. The lowest BCUT2D eigenvalue weighted by atomic mass is 10.1. The number of hydrogen-bond donors (Lipinski definition) is 1. The zero-order chi connectivity index (χ0) is 19.4. The summed E-state index contributed by atoms with van der Waals surface area (Å²) in [7, 11) is 1.84. The summed E-state index contributed by atoms with van der Waals surface area (Å²) in [6.45, 7) is 5.93. The number of amidine groups is 1. The molecule has 5 heteroatoms. The van der Waals surface area contributed by atoms with Crippen molar-refractivity contribution in [2.75, 3.05) is 11.9 Å². The van der Waals surface area contributed by atoms with Crippen molar-refractivity contribution in [3.63, 3.8) is 0 Å². The molecule has 1 aromatic heterocycles. The summed E-state index contributed by atoms with van der Waals surface area (Å²) in [4.78, 5) is 6.33. The molecule has 0 spiro atoms. The molecule has 3 aromatic rings. The molecule has 27 heavy (non-hydrogen) atoms. The number of nitrogens with zero attached hydrogens (tertiary/aromatic N) is 3. The van der Waals surface area contributed by atoms with Gasteiger partial charge in [0, 0.05) is 18.4 Å². The normalized spacial score (nSPS) is 11.3. The van der Waals surface area contributed by atoms with Crippen LogP contribution in [0.5, 0.6) is 11.6 Å². The summed E-state index contributed by atoms with van der Waals surface area (Å²) < 4.78 is 6.12. The summed E-state index contributed by atoms with van der Waals surface area (Å²) in [5.74, 6) is 1.48. The lowest BCUT2D eigenvalue weighted by Gasteiger charge is -2.22.